The summed E-state index contributed by atoms with van der Waals surface area (Å²) in [4.78, 5) is 4.27. The highest BCUT2D eigenvalue weighted by molar-refractivity contribution is 6.06. The molecule has 4 rings (SSSR count). The normalized spacial score (nSPS) is 11.3. The molecule has 0 aliphatic heterocycles. The van der Waals surface area contributed by atoms with Crippen LogP contribution < -0.4 is 0 Å². The van der Waals surface area contributed by atoms with Crippen LogP contribution in [0.3, 0.4) is 0 Å². The fraction of sp³-hybridized carbons (Fsp3) is 0. The van der Waals surface area contributed by atoms with E-state index >= 15 is 0 Å². The van der Waals surface area contributed by atoms with Crippen LogP contribution >= 0.6 is 0 Å². The summed E-state index contributed by atoms with van der Waals surface area (Å²) >= 11 is 0. The molecule has 0 aliphatic carbocycles. The third kappa shape index (κ3) is 1.20. The number of aromatic nitrogens is 3. The topological polar surface area (TPSA) is 43.9 Å². The highest BCUT2D eigenvalue weighted by atomic mass is 16.3. The lowest BCUT2D eigenvalue weighted by atomic mass is 10.2. The predicted molar refractivity (Wildman–Crippen MR) is 68.6 cm³/mol. The van der Waals surface area contributed by atoms with Crippen molar-refractivity contribution in [2.45, 2.75) is 0 Å². The van der Waals surface area contributed by atoms with Crippen LogP contribution in [0.15, 0.2) is 59.5 Å². The van der Waals surface area contributed by atoms with Crippen LogP contribution in [-0.2, 0) is 0 Å². The number of pyridine rings is 1. The first-order valence-corrected chi connectivity index (χ1v) is 5.69. The molecule has 3 aromatic heterocycles. The lowest BCUT2D eigenvalue weighted by Gasteiger charge is -2.00. The van der Waals surface area contributed by atoms with Crippen molar-refractivity contribution in [3.63, 3.8) is 0 Å². The van der Waals surface area contributed by atoms with Crippen molar-refractivity contribution in [1.29, 1.82) is 0 Å². The van der Waals surface area contributed by atoms with Crippen molar-refractivity contribution in [3.8, 4) is 5.69 Å². The fourth-order valence-corrected chi connectivity index (χ4v) is 2.20. The van der Waals surface area contributed by atoms with E-state index in [1.807, 2.05) is 42.7 Å². The van der Waals surface area contributed by atoms with Crippen LogP contribution in [0.5, 0.6) is 0 Å². The van der Waals surface area contributed by atoms with Gasteiger partial charge in [0.2, 0.25) is 0 Å². The lowest BCUT2D eigenvalue weighted by molar-refractivity contribution is 0.661. The molecule has 0 unspecified atom stereocenters. The zero-order valence-corrected chi connectivity index (χ0v) is 9.45. The van der Waals surface area contributed by atoms with Crippen molar-refractivity contribution in [1.82, 2.24) is 14.8 Å². The Balaban J connectivity index is 2.17. The molecule has 0 saturated carbocycles. The van der Waals surface area contributed by atoms with Crippen molar-refractivity contribution in [2.75, 3.05) is 0 Å². The van der Waals surface area contributed by atoms with Crippen LogP contribution in [0.2, 0.25) is 0 Å². The van der Waals surface area contributed by atoms with E-state index in [2.05, 4.69) is 10.1 Å². The highest BCUT2D eigenvalue weighted by Crippen LogP contribution is 2.31. The first-order valence-electron chi connectivity index (χ1n) is 5.69. The largest absolute Gasteiger partial charge is 0.454 e. The van der Waals surface area contributed by atoms with E-state index in [0.717, 1.165) is 27.6 Å². The number of hydrogen-bond donors (Lipinski definition) is 0. The number of hydrogen-bond acceptors (Lipinski definition) is 3. The van der Waals surface area contributed by atoms with Crippen molar-refractivity contribution in [3.05, 3.63) is 55.1 Å². The predicted octanol–water partition coefficient (Wildman–Crippen LogP) is 3.17. The zero-order valence-electron chi connectivity index (χ0n) is 9.45. The second-order valence-corrected chi connectivity index (χ2v) is 4.08. The molecule has 3 heterocycles. The van der Waals surface area contributed by atoms with Gasteiger partial charge in [-0.3, -0.25) is 4.98 Å². The van der Waals surface area contributed by atoms with Gasteiger partial charge in [0.05, 0.1) is 6.20 Å². The van der Waals surface area contributed by atoms with E-state index in [4.69, 9.17) is 4.42 Å². The van der Waals surface area contributed by atoms with E-state index in [0.29, 0.717) is 0 Å². The number of para-hydroxylation sites is 1. The minimum atomic E-state index is 0.815. The molecule has 86 valence electrons. The Hall–Kier alpha value is -2.62. The summed E-state index contributed by atoms with van der Waals surface area (Å²) in [6.45, 7) is 0. The van der Waals surface area contributed by atoms with Crippen molar-refractivity contribution < 1.29 is 4.42 Å². The van der Waals surface area contributed by atoms with E-state index < -0.39 is 0 Å². The second kappa shape index (κ2) is 3.43. The zero-order chi connectivity index (χ0) is 11.9. The quantitative estimate of drug-likeness (QED) is 0.509. The molecule has 4 heteroatoms. The molecule has 0 aliphatic rings. The SMILES string of the molecule is c1ccc2c(c1)oc1c(-n3cccn3)cncc12. The van der Waals surface area contributed by atoms with Gasteiger partial charge in [-0.25, -0.2) is 4.68 Å². The van der Waals surface area contributed by atoms with Gasteiger partial charge in [-0.15, -0.1) is 0 Å². The number of benzene rings is 1. The number of rotatable bonds is 1. The monoisotopic (exact) mass is 235 g/mol. The Morgan fingerprint density at radius 1 is 1.00 bits per heavy atom. The van der Waals surface area contributed by atoms with Gasteiger partial charge in [0.1, 0.15) is 11.3 Å². The molecule has 0 saturated heterocycles. The highest BCUT2D eigenvalue weighted by Gasteiger charge is 2.11. The number of nitrogens with zero attached hydrogens (tertiary/aromatic N) is 3. The van der Waals surface area contributed by atoms with Crippen LogP contribution in [0, 0.1) is 0 Å². The van der Waals surface area contributed by atoms with Gasteiger partial charge in [-0.05, 0) is 12.1 Å². The molecule has 0 N–H and O–H groups in total. The van der Waals surface area contributed by atoms with Gasteiger partial charge < -0.3 is 4.42 Å². The summed E-state index contributed by atoms with van der Waals surface area (Å²) < 4.78 is 7.67. The third-order valence-corrected chi connectivity index (χ3v) is 3.02. The molecular weight excluding hydrogens is 226 g/mol. The molecule has 1 aromatic carbocycles. The first-order chi connectivity index (χ1) is 8.93. The molecule has 0 amide bonds. The Bertz CT molecular complexity index is 831. The Kier molecular flexibility index (Phi) is 1.80. The fourth-order valence-electron chi connectivity index (χ4n) is 2.20. The minimum Gasteiger partial charge on any atom is -0.454 e. The van der Waals surface area contributed by atoms with Crippen molar-refractivity contribution in [2.24, 2.45) is 0 Å². The Morgan fingerprint density at radius 2 is 1.94 bits per heavy atom. The molecule has 0 atom stereocenters. The van der Waals surface area contributed by atoms with Crippen LogP contribution in [0.25, 0.3) is 27.6 Å². The number of fused-ring (bicyclic) bond motifs is 3. The van der Waals surface area contributed by atoms with E-state index in [9.17, 15) is 0 Å². The Morgan fingerprint density at radius 3 is 2.83 bits per heavy atom. The van der Waals surface area contributed by atoms with Gasteiger partial charge in [0, 0.05) is 29.4 Å². The van der Waals surface area contributed by atoms with Gasteiger partial charge in [-0.1, -0.05) is 18.2 Å². The Labute approximate surface area is 102 Å². The molecule has 0 fully saturated rings. The van der Waals surface area contributed by atoms with Crippen LogP contribution in [0.1, 0.15) is 0 Å². The smallest absolute Gasteiger partial charge is 0.164 e. The third-order valence-electron chi connectivity index (χ3n) is 3.02. The number of furan rings is 1. The summed E-state index contributed by atoms with van der Waals surface area (Å²) in [6, 6.07) is 9.84. The van der Waals surface area contributed by atoms with E-state index in [-0.39, 0.29) is 0 Å². The van der Waals surface area contributed by atoms with E-state index in [1.54, 1.807) is 17.1 Å². The van der Waals surface area contributed by atoms with Gasteiger partial charge >= 0.3 is 0 Å². The minimum absolute atomic E-state index is 0.815. The summed E-state index contributed by atoms with van der Waals surface area (Å²) in [7, 11) is 0. The summed E-state index contributed by atoms with van der Waals surface area (Å²) in [5.74, 6) is 0. The van der Waals surface area contributed by atoms with Crippen LogP contribution in [-0.4, -0.2) is 14.8 Å². The second-order valence-electron chi connectivity index (χ2n) is 4.08. The first kappa shape index (κ1) is 9.41. The maximum absolute atomic E-state index is 5.91. The van der Waals surface area contributed by atoms with Crippen LogP contribution in [0.4, 0.5) is 0 Å². The summed E-state index contributed by atoms with van der Waals surface area (Å²) in [5, 5.41) is 6.31. The average molecular weight is 235 g/mol. The van der Waals surface area contributed by atoms with Gasteiger partial charge in [0.25, 0.3) is 0 Å². The standard InChI is InChI=1S/C14H9N3O/c1-2-5-13-10(4-1)11-8-15-9-12(14(11)18-13)17-7-3-6-16-17/h1-9H. The van der Waals surface area contributed by atoms with E-state index in [1.165, 1.54) is 0 Å². The maximum atomic E-state index is 5.91. The molecule has 0 bridgehead atoms. The molecular formula is C14H9N3O. The van der Waals surface area contributed by atoms with Gasteiger partial charge in [-0.2, -0.15) is 5.10 Å². The lowest BCUT2D eigenvalue weighted by Crippen LogP contribution is -1.95. The average Bonchev–Trinajstić information content (AvgIpc) is 3.05. The van der Waals surface area contributed by atoms with Gasteiger partial charge in [0.15, 0.2) is 5.58 Å². The molecule has 0 radical (unpaired) electrons. The summed E-state index contributed by atoms with van der Waals surface area (Å²) in [5.41, 5.74) is 2.54. The molecule has 18 heavy (non-hydrogen) atoms. The molecule has 4 aromatic rings. The molecule has 0 spiro atoms. The van der Waals surface area contributed by atoms with Crippen molar-refractivity contribution >= 4 is 21.9 Å². The molecule has 4 nitrogen and oxygen atoms in total. The summed E-state index contributed by atoms with van der Waals surface area (Å²) in [6.07, 6.45) is 7.21. The maximum Gasteiger partial charge on any atom is 0.164 e.